The first-order valence-corrected chi connectivity index (χ1v) is 41.8. The summed E-state index contributed by atoms with van der Waals surface area (Å²) in [6.07, 6.45) is 35.2. The van der Waals surface area contributed by atoms with Crippen molar-refractivity contribution in [3.63, 3.8) is 0 Å². The average Bonchev–Trinajstić information content (AvgIpc) is 0.679. The van der Waals surface area contributed by atoms with E-state index in [0.29, 0.717) is 84.5 Å². The summed E-state index contributed by atoms with van der Waals surface area (Å²) >= 11 is 0. The van der Waals surface area contributed by atoms with Gasteiger partial charge in [-0.3, -0.25) is 4.79 Å². The van der Waals surface area contributed by atoms with Crippen molar-refractivity contribution < 1.29 is 42.7 Å². The third-order valence-electron chi connectivity index (χ3n) is 24.8. The summed E-state index contributed by atoms with van der Waals surface area (Å²) in [7, 11) is 1.68. The van der Waals surface area contributed by atoms with Crippen LogP contribution in [0.3, 0.4) is 0 Å². The second-order valence-electron chi connectivity index (χ2n) is 31.8. The fourth-order valence-electron chi connectivity index (χ4n) is 19.6. The minimum Gasteiger partial charge on any atom is -0.491 e. The van der Waals surface area contributed by atoms with Crippen molar-refractivity contribution in [2.45, 2.75) is 168 Å². The summed E-state index contributed by atoms with van der Waals surface area (Å²) in [5, 5.41) is 33.1. The molecule has 1 saturated carbocycles. The first kappa shape index (κ1) is 72.5. The zero-order valence-electron chi connectivity index (χ0n) is 64.2. The lowest BCUT2D eigenvalue weighted by Gasteiger charge is -2.30. The molecule has 0 N–H and O–H groups in total. The number of hydrogen-bond acceptors (Lipinski definition) is 9. The number of unbranched alkanes of at least 4 members (excludes halogenated alkanes) is 18. The van der Waals surface area contributed by atoms with Crippen LogP contribution in [0.4, 0.5) is 0 Å². The molecular weight excluding hydrogens is 1330 g/mol. The van der Waals surface area contributed by atoms with E-state index in [9.17, 15) is 4.79 Å². The smallest absolute Gasteiger partial charge is 0.309 e. The molecule has 108 heavy (non-hydrogen) atoms. The van der Waals surface area contributed by atoms with E-state index >= 15 is 0 Å². The largest absolute Gasteiger partial charge is 0.491 e. The van der Waals surface area contributed by atoms with E-state index in [4.69, 9.17) is 37.9 Å². The summed E-state index contributed by atoms with van der Waals surface area (Å²) in [5.41, 5.74) is 7.57. The van der Waals surface area contributed by atoms with Gasteiger partial charge in [-0.25, -0.2) is 0 Å². The standard InChI is InChI=1S/C99H108O9/c1-4-6-8-10-12-14-16-18-20-22-26-64-56-79-74-28-24-30-76-83-60-70(67-34-38-72(39-35-67)106-51-48-103-45-44-102-43-42-101-3)62-85-86-63-71(68-36-40-73(41-37-68)107-52-49-104-46-47-105-50-53-108-99(100)78-55-66-32-33-69(78)54-66)61-84-77-31-25-29-75-80-57-65(27-23-21-19-17-15-13-11-9-7-5-2)59-82-81(58-64)89(79)95-93(87(74)76)97(91(83)85)98(92(84)86)94(88(75)77)96(95)90(80)82/h24-25,28-41,56-63,66,69,78H,4-23,26-27,42-55H2,1-3H3. The molecule has 2 aliphatic carbocycles. The number of benzene rings is 15. The Labute approximate surface area is 636 Å². The second-order valence-corrected chi connectivity index (χ2v) is 31.8. The minimum atomic E-state index is -0.0892. The zero-order chi connectivity index (χ0) is 72.9. The van der Waals surface area contributed by atoms with E-state index < -0.39 is 0 Å². The fraction of sp³-hybridized carbons (Fsp3) is 0.424. The number of hydrogen-bond donors (Lipinski definition) is 0. The maximum absolute atomic E-state index is 12.7. The van der Waals surface area contributed by atoms with Crippen LogP contribution in [0.15, 0.2) is 146 Å². The molecule has 0 spiro atoms. The van der Waals surface area contributed by atoms with Crippen LogP contribution >= 0.6 is 0 Å². The molecule has 2 aliphatic rings. The van der Waals surface area contributed by atoms with Gasteiger partial charge < -0.3 is 37.9 Å². The van der Waals surface area contributed by atoms with Crippen LogP contribution in [0.5, 0.6) is 11.5 Å². The number of fused-ring (bicyclic) bond motifs is 8. The number of allylic oxidation sites excluding steroid dienone is 2. The Morgan fingerprint density at radius 1 is 0.315 bits per heavy atom. The quantitative estimate of drug-likeness (QED) is 0.0122. The number of rotatable bonds is 45. The van der Waals surface area contributed by atoms with Crippen molar-refractivity contribution in [3.05, 3.63) is 157 Å². The molecule has 17 rings (SSSR count). The zero-order valence-corrected chi connectivity index (χ0v) is 64.2. The Morgan fingerprint density at radius 2 is 0.639 bits per heavy atom. The second kappa shape index (κ2) is 33.4. The highest BCUT2D eigenvalue weighted by Crippen LogP contribution is 2.61. The Bertz CT molecular complexity index is 5520. The van der Waals surface area contributed by atoms with E-state index in [0.717, 1.165) is 48.3 Å². The predicted molar refractivity (Wildman–Crippen MR) is 452 cm³/mol. The predicted octanol–water partition coefficient (Wildman–Crippen LogP) is 25.6. The van der Waals surface area contributed by atoms with E-state index in [1.165, 1.54) is 280 Å². The van der Waals surface area contributed by atoms with Crippen LogP contribution in [-0.4, -0.2) is 92.4 Å². The molecule has 0 aliphatic heterocycles. The van der Waals surface area contributed by atoms with E-state index in [-0.39, 0.29) is 18.5 Å². The van der Waals surface area contributed by atoms with Gasteiger partial charge in [0.2, 0.25) is 0 Å². The van der Waals surface area contributed by atoms with Gasteiger partial charge in [0, 0.05) is 7.11 Å². The van der Waals surface area contributed by atoms with E-state index in [1.54, 1.807) is 7.11 Å². The lowest BCUT2D eigenvalue weighted by atomic mass is 9.72. The molecule has 0 aromatic heterocycles. The van der Waals surface area contributed by atoms with E-state index in [2.05, 4.69) is 159 Å². The molecule has 0 saturated heterocycles. The fourth-order valence-corrected chi connectivity index (χ4v) is 19.6. The summed E-state index contributed by atoms with van der Waals surface area (Å²) in [5.74, 6) is 2.40. The van der Waals surface area contributed by atoms with Crippen molar-refractivity contribution in [2.24, 2.45) is 17.8 Å². The molecule has 9 heteroatoms. The molecule has 0 amide bonds. The van der Waals surface area contributed by atoms with Gasteiger partial charge in [-0.05, 0) is 262 Å². The third kappa shape index (κ3) is 14.3. The van der Waals surface area contributed by atoms with Crippen LogP contribution in [0.25, 0.3) is 152 Å². The van der Waals surface area contributed by atoms with Crippen molar-refractivity contribution in [1.82, 2.24) is 0 Å². The molecular formula is C99H108O9. The van der Waals surface area contributed by atoms with Crippen molar-refractivity contribution >= 4 is 135 Å². The Balaban J connectivity index is 0.761. The van der Waals surface area contributed by atoms with Gasteiger partial charge in [0.05, 0.1) is 65.4 Å². The molecule has 15 aromatic carbocycles. The number of ether oxygens (including phenoxy) is 8. The Hall–Kier alpha value is -8.41. The molecule has 558 valence electrons. The lowest BCUT2D eigenvalue weighted by Crippen LogP contribution is -2.23. The summed E-state index contributed by atoms with van der Waals surface area (Å²) < 4.78 is 46.6. The lowest BCUT2D eigenvalue weighted by molar-refractivity contribution is -0.151. The molecule has 3 atom stereocenters. The molecule has 1 fully saturated rings. The van der Waals surface area contributed by atoms with Crippen LogP contribution in [-0.2, 0) is 46.1 Å². The van der Waals surface area contributed by atoms with E-state index in [1.807, 2.05) is 0 Å². The van der Waals surface area contributed by atoms with Gasteiger partial charge in [-0.15, -0.1) is 0 Å². The highest BCUT2D eigenvalue weighted by Gasteiger charge is 2.41. The van der Waals surface area contributed by atoms with Gasteiger partial charge in [0.1, 0.15) is 31.3 Å². The summed E-state index contributed by atoms with van der Waals surface area (Å²) in [4.78, 5) is 12.7. The van der Waals surface area contributed by atoms with Gasteiger partial charge in [0.25, 0.3) is 0 Å². The normalized spacial score (nSPS) is 15.5. The average molecular weight is 1440 g/mol. The first-order chi connectivity index (χ1) is 53.5. The number of carbonyl (C=O) groups is 1. The van der Waals surface area contributed by atoms with Crippen molar-refractivity contribution in [1.29, 1.82) is 0 Å². The number of aryl methyl sites for hydroxylation is 2. The number of carbonyl (C=O) groups excluding carboxylic acids is 1. The maximum atomic E-state index is 12.7. The SMILES string of the molecule is CCCCCCCCCCCCc1cc2c3cccc4c5cc(-c6ccc(OCCOCCOCCOC)cc6)cc6c7cc(-c8ccc(OCCOCCOCCOC(=O)C9CC%10C=CC9C%10)cc8)cc8c9cccc%10c%11cc(CCCCCCCCCCCC)cc%12c(c1)c2c1c(c34)c(c56)c(c87)c(c%109)c1c%11%12. The molecule has 3 unspecified atom stereocenters. The van der Waals surface area contributed by atoms with Crippen molar-refractivity contribution in [3.8, 4) is 33.8 Å². The topological polar surface area (TPSA) is 90.9 Å². The third-order valence-corrected chi connectivity index (χ3v) is 24.8. The molecule has 0 heterocycles. The highest BCUT2D eigenvalue weighted by molar-refractivity contribution is 6.61. The van der Waals surface area contributed by atoms with Crippen LogP contribution in [0.1, 0.15) is 166 Å². The first-order valence-electron chi connectivity index (χ1n) is 41.8. The monoisotopic (exact) mass is 1440 g/mol. The maximum Gasteiger partial charge on any atom is 0.309 e. The van der Waals surface area contributed by atoms with Crippen LogP contribution in [0.2, 0.25) is 0 Å². The molecule has 2 bridgehead atoms. The van der Waals surface area contributed by atoms with Gasteiger partial charge in [-0.1, -0.05) is 227 Å². The summed E-state index contributed by atoms with van der Waals surface area (Å²) in [6.45, 7) is 10.0. The molecule has 15 aromatic rings. The highest BCUT2D eigenvalue weighted by atomic mass is 16.6. The van der Waals surface area contributed by atoms with Crippen molar-refractivity contribution in [2.75, 3.05) is 86.4 Å². The van der Waals surface area contributed by atoms with Crippen LogP contribution < -0.4 is 9.47 Å². The Kier molecular flexibility index (Phi) is 22.4. The van der Waals surface area contributed by atoms with Gasteiger partial charge in [0.15, 0.2) is 0 Å². The van der Waals surface area contributed by atoms with Gasteiger partial charge in [-0.2, -0.15) is 0 Å². The minimum absolute atomic E-state index is 0.00173. The van der Waals surface area contributed by atoms with Gasteiger partial charge >= 0.3 is 5.97 Å². The number of methoxy groups -OCH3 is 1. The van der Waals surface area contributed by atoms with Crippen LogP contribution in [0, 0.1) is 17.8 Å². The molecule has 9 nitrogen and oxygen atoms in total. The Morgan fingerprint density at radius 3 is 1.00 bits per heavy atom. The molecule has 0 radical (unpaired) electrons. The summed E-state index contributed by atoms with van der Waals surface area (Å²) in [6, 6.07) is 52.7. The number of esters is 1.